The zero-order valence-corrected chi connectivity index (χ0v) is 22.5. The van der Waals surface area contributed by atoms with E-state index in [0.29, 0.717) is 34.7 Å². The smallest absolute Gasteiger partial charge is 0.328 e. The van der Waals surface area contributed by atoms with Crippen molar-refractivity contribution in [2.45, 2.75) is 19.0 Å². The Hall–Kier alpha value is -3.93. The number of fused-ring (bicyclic) bond motifs is 2. The van der Waals surface area contributed by atoms with Crippen molar-refractivity contribution in [3.8, 4) is 0 Å². The summed E-state index contributed by atoms with van der Waals surface area (Å²) in [6.45, 7) is 0.225. The van der Waals surface area contributed by atoms with Gasteiger partial charge in [0, 0.05) is 25.8 Å². The van der Waals surface area contributed by atoms with Crippen LogP contribution < -0.4 is 10.6 Å². The number of rotatable bonds is 7. The highest BCUT2D eigenvalue weighted by Gasteiger charge is 2.30. The lowest BCUT2D eigenvalue weighted by Gasteiger charge is -2.30. The zero-order valence-electron chi connectivity index (χ0n) is 20.2. The maximum Gasteiger partial charge on any atom is 0.328 e. The minimum absolute atomic E-state index is 0.0186. The number of carbonyl (C=O) groups excluding carboxylic acids is 3. The van der Waals surface area contributed by atoms with E-state index >= 15 is 0 Å². The van der Waals surface area contributed by atoms with Crippen molar-refractivity contribution in [3.63, 3.8) is 0 Å². The summed E-state index contributed by atoms with van der Waals surface area (Å²) < 4.78 is 1.63. The molecule has 0 saturated heterocycles. The Labute approximate surface area is 236 Å². The van der Waals surface area contributed by atoms with Gasteiger partial charge in [0.15, 0.2) is 5.69 Å². The minimum atomic E-state index is -1.41. The number of halogens is 2. The summed E-state index contributed by atoms with van der Waals surface area (Å²) in [6.07, 6.45) is 2.13. The van der Waals surface area contributed by atoms with Gasteiger partial charge >= 0.3 is 5.97 Å². The standard InChI is InChI=1S/C26H21Cl2N5O5S/c27-17-10-14-13-32(25(36)18-11-15-4-1-2-7-33(15)31-18)8-6-16(14)22(28)21(17)24(35)30-19(26(37)38)12-29-23(34)20-5-3-9-39-20/h1-5,7,9-11,19H,6,8,12-13H2,(H,29,34)(H,30,35)(H,37,38)/t19-/m0/s1. The van der Waals surface area contributed by atoms with Crippen molar-refractivity contribution in [1.29, 1.82) is 0 Å². The van der Waals surface area contributed by atoms with E-state index in [9.17, 15) is 24.3 Å². The molecule has 13 heteroatoms. The lowest BCUT2D eigenvalue weighted by atomic mass is 9.96. The van der Waals surface area contributed by atoms with Crippen molar-refractivity contribution >= 4 is 63.7 Å². The Balaban J connectivity index is 1.30. The SMILES string of the molecule is O=C(NC[C@H](NC(=O)c1c(Cl)cc2c(c1Cl)CCN(C(=O)c1cc3ccccn3n1)C2)C(=O)O)c1cccs1. The van der Waals surface area contributed by atoms with Crippen LogP contribution in [0.5, 0.6) is 0 Å². The van der Waals surface area contributed by atoms with E-state index in [-0.39, 0.29) is 34.6 Å². The van der Waals surface area contributed by atoms with Gasteiger partial charge in [0.2, 0.25) is 0 Å². The molecule has 3 amide bonds. The maximum absolute atomic E-state index is 13.1. The normalized spacial score (nSPS) is 13.5. The van der Waals surface area contributed by atoms with Gasteiger partial charge in [0.05, 0.1) is 26.0 Å². The molecule has 0 aliphatic carbocycles. The Bertz CT molecular complexity index is 1570. The molecule has 0 fully saturated rings. The van der Waals surface area contributed by atoms with E-state index in [1.54, 1.807) is 45.3 Å². The first-order valence-corrected chi connectivity index (χ1v) is 13.4. The largest absolute Gasteiger partial charge is 0.480 e. The fourth-order valence-electron chi connectivity index (χ4n) is 4.36. The van der Waals surface area contributed by atoms with Gasteiger partial charge in [0.25, 0.3) is 17.7 Å². The molecule has 1 aliphatic heterocycles. The van der Waals surface area contributed by atoms with E-state index in [1.165, 1.54) is 11.3 Å². The molecule has 0 bridgehead atoms. The van der Waals surface area contributed by atoms with Gasteiger partial charge in [-0.3, -0.25) is 14.4 Å². The number of carboxylic acid groups (broad SMARTS) is 1. The van der Waals surface area contributed by atoms with E-state index in [0.717, 1.165) is 5.52 Å². The lowest BCUT2D eigenvalue weighted by molar-refractivity contribution is -0.139. The second-order valence-corrected chi connectivity index (χ2v) is 10.5. The van der Waals surface area contributed by atoms with E-state index in [4.69, 9.17) is 23.2 Å². The second-order valence-electron chi connectivity index (χ2n) is 8.81. The summed E-state index contributed by atoms with van der Waals surface area (Å²) >= 11 is 14.2. The van der Waals surface area contributed by atoms with Gasteiger partial charge in [0.1, 0.15) is 6.04 Å². The summed E-state index contributed by atoms with van der Waals surface area (Å²) in [6, 6.07) is 10.7. The fourth-order valence-corrected chi connectivity index (χ4v) is 5.76. The molecule has 4 aromatic rings. The molecule has 4 heterocycles. The number of aromatic nitrogens is 2. The monoisotopic (exact) mass is 585 g/mol. The van der Waals surface area contributed by atoms with Crippen molar-refractivity contribution in [2.24, 2.45) is 0 Å². The van der Waals surface area contributed by atoms with Gasteiger partial charge in [-0.25, -0.2) is 9.31 Å². The first-order chi connectivity index (χ1) is 18.7. The average molecular weight is 586 g/mol. The highest BCUT2D eigenvalue weighted by molar-refractivity contribution is 7.12. The van der Waals surface area contributed by atoms with E-state index < -0.39 is 23.8 Å². The third-order valence-electron chi connectivity index (χ3n) is 6.32. The predicted octanol–water partition coefficient (Wildman–Crippen LogP) is 3.51. The van der Waals surface area contributed by atoms with Gasteiger partial charge in [-0.1, -0.05) is 35.3 Å². The Morgan fingerprint density at radius 3 is 2.64 bits per heavy atom. The summed E-state index contributed by atoms with van der Waals surface area (Å²) in [5, 5.41) is 20.7. The number of thiophene rings is 1. The zero-order chi connectivity index (χ0) is 27.7. The summed E-state index contributed by atoms with van der Waals surface area (Å²) in [7, 11) is 0. The van der Waals surface area contributed by atoms with Crippen molar-refractivity contribution in [3.05, 3.63) is 91.3 Å². The molecule has 1 atom stereocenters. The highest BCUT2D eigenvalue weighted by Crippen LogP contribution is 2.35. The third-order valence-corrected chi connectivity index (χ3v) is 7.91. The molecule has 1 aromatic carbocycles. The van der Waals surface area contributed by atoms with Gasteiger partial charge in [-0.2, -0.15) is 5.10 Å². The molecular weight excluding hydrogens is 565 g/mol. The molecular formula is C26H21Cl2N5O5S. The van der Waals surface area contributed by atoms with Crippen LogP contribution >= 0.6 is 34.5 Å². The van der Waals surface area contributed by atoms with Crippen molar-refractivity contribution < 1.29 is 24.3 Å². The van der Waals surface area contributed by atoms with Crippen LogP contribution in [0.3, 0.4) is 0 Å². The van der Waals surface area contributed by atoms with Crippen LogP contribution in [0.1, 0.15) is 41.6 Å². The van der Waals surface area contributed by atoms with Crippen molar-refractivity contribution in [2.75, 3.05) is 13.1 Å². The van der Waals surface area contributed by atoms with E-state index in [1.807, 2.05) is 18.2 Å². The molecule has 5 rings (SSSR count). The van der Waals surface area contributed by atoms with Crippen LogP contribution in [0.2, 0.25) is 10.0 Å². The molecule has 39 heavy (non-hydrogen) atoms. The average Bonchev–Trinajstić information content (AvgIpc) is 3.60. The molecule has 0 unspecified atom stereocenters. The summed E-state index contributed by atoms with van der Waals surface area (Å²) in [4.78, 5) is 52.2. The number of amides is 3. The van der Waals surface area contributed by atoms with Crippen LogP contribution in [0.4, 0.5) is 0 Å². The van der Waals surface area contributed by atoms with Crippen LogP contribution in [-0.4, -0.2) is 62.4 Å². The Kier molecular flexibility index (Phi) is 7.56. The predicted molar refractivity (Wildman–Crippen MR) is 146 cm³/mol. The second kappa shape index (κ2) is 11.0. The number of nitrogens with one attached hydrogen (secondary N) is 2. The number of hydrogen-bond acceptors (Lipinski definition) is 6. The first kappa shape index (κ1) is 26.7. The molecule has 3 aromatic heterocycles. The highest BCUT2D eigenvalue weighted by atomic mass is 35.5. The van der Waals surface area contributed by atoms with E-state index in [2.05, 4.69) is 15.7 Å². The quantitative estimate of drug-likeness (QED) is 0.304. The lowest BCUT2D eigenvalue weighted by Crippen LogP contribution is -2.48. The number of hydrogen-bond donors (Lipinski definition) is 3. The number of carbonyl (C=O) groups is 4. The molecule has 0 radical (unpaired) electrons. The van der Waals surface area contributed by atoms with Crippen LogP contribution in [0.15, 0.2) is 54.0 Å². The van der Waals surface area contributed by atoms with Gasteiger partial charge in [-0.05, 0) is 53.3 Å². The fraction of sp³-hybridized carbons (Fsp3) is 0.192. The number of nitrogens with zero attached hydrogens (tertiary/aromatic N) is 3. The molecule has 0 spiro atoms. The summed E-state index contributed by atoms with van der Waals surface area (Å²) in [5.74, 6) is -2.81. The first-order valence-electron chi connectivity index (χ1n) is 11.8. The van der Waals surface area contributed by atoms with Crippen LogP contribution in [0.25, 0.3) is 5.52 Å². The molecule has 1 aliphatic rings. The van der Waals surface area contributed by atoms with Crippen LogP contribution in [0, 0.1) is 0 Å². The molecule has 0 saturated carbocycles. The van der Waals surface area contributed by atoms with Crippen molar-refractivity contribution in [1.82, 2.24) is 25.1 Å². The number of pyridine rings is 1. The molecule has 10 nitrogen and oxygen atoms in total. The minimum Gasteiger partial charge on any atom is -0.480 e. The topological polar surface area (TPSA) is 133 Å². The van der Waals surface area contributed by atoms with Crippen LogP contribution in [-0.2, 0) is 17.8 Å². The van der Waals surface area contributed by atoms with Gasteiger partial charge < -0.3 is 20.6 Å². The van der Waals surface area contributed by atoms with Gasteiger partial charge in [-0.15, -0.1) is 11.3 Å². The Morgan fingerprint density at radius 2 is 1.92 bits per heavy atom. The Morgan fingerprint density at radius 1 is 1.10 bits per heavy atom. The third kappa shape index (κ3) is 5.47. The maximum atomic E-state index is 13.1. The number of carboxylic acids is 1. The number of benzene rings is 1. The number of aliphatic carboxylic acids is 1. The summed E-state index contributed by atoms with van der Waals surface area (Å²) in [5.41, 5.74) is 2.38. The molecule has 3 N–H and O–H groups in total. The molecule has 200 valence electrons.